The zero-order valence-electron chi connectivity index (χ0n) is 19.9. The van der Waals surface area contributed by atoms with Gasteiger partial charge in [-0.2, -0.15) is 13.2 Å². The summed E-state index contributed by atoms with van der Waals surface area (Å²) in [4.78, 5) is 45.0. The van der Waals surface area contributed by atoms with Gasteiger partial charge < -0.3 is 15.0 Å². The Morgan fingerprint density at radius 1 is 1.19 bits per heavy atom. The first kappa shape index (κ1) is 26.9. The third kappa shape index (κ3) is 6.69. The van der Waals surface area contributed by atoms with Crippen LogP contribution in [-0.4, -0.2) is 69.1 Å². The van der Waals surface area contributed by atoms with Crippen LogP contribution in [0.1, 0.15) is 34.3 Å². The van der Waals surface area contributed by atoms with Crippen molar-refractivity contribution in [2.24, 2.45) is 0 Å². The number of aryl methyl sites for hydroxylation is 1. The van der Waals surface area contributed by atoms with Gasteiger partial charge in [-0.3, -0.25) is 19.5 Å². The molecule has 1 amide bonds. The highest BCUT2D eigenvalue weighted by Gasteiger charge is 2.38. The van der Waals surface area contributed by atoms with Crippen molar-refractivity contribution < 1.29 is 27.9 Å². The number of carboxylic acid groups (broad SMARTS) is 1. The van der Waals surface area contributed by atoms with Gasteiger partial charge in [0.15, 0.2) is 0 Å². The Morgan fingerprint density at radius 2 is 1.86 bits per heavy atom. The molecule has 192 valence electrons. The highest BCUT2D eigenvalue weighted by molar-refractivity contribution is 6.05. The summed E-state index contributed by atoms with van der Waals surface area (Å²) >= 11 is 0. The molecule has 0 bridgehead atoms. The predicted molar refractivity (Wildman–Crippen MR) is 128 cm³/mol. The Balaban J connectivity index is 0.000000454. The molecule has 1 aliphatic heterocycles. The van der Waals surface area contributed by atoms with Gasteiger partial charge in [-0.1, -0.05) is 35.9 Å². The Labute approximate surface area is 205 Å². The number of rotatable bonds is 4. The van der Waals surface area contributed by atoms with Gasteiger partial charge >= 0.3 is 12.1 Å². The highest BCUT2D eigenvalue weighted by atomic mass is 19.4. The maximum absolute atomic E-state index is 13.1. The van der Waals surface area contributed by atoms with Crippen LogP contribution in [0.5, 0.6) is 0 Å². The van der Waals surface area contributed by atoms with E-state index in [-0.39, 0.29) is 11.5 Å². The van der Waals surface area contributed by atoms with Gasteiger partial charge in [0, 0.05) is 43.5 Å². The maximum atomic E-state index is 13.1. The molecule has 0 spiro atoms. The van der Waals surface area contributed by atoms with E-state index < -0.39 is 12.1 Å². The third-order valence-electron chi connectivity index (χ3n) is 6.02. The van der Waals surface area contributed by atoms with E-state index in [1.54, 1.807) is 18.3 Å². The number of aromatic amines is 1. The molecule has 0 unspecified atom stereocenters. The molecule has 1 fully saturated rings. The van der Waals surface area contributed by atoms with Crippen molar-refractivity contribution in [3.63, 3.8) is 0 Å². The number of aromatic nitrogens is 2. The molecule has 36 heavy (non-hydrogen) atoms. The number of amides is 1. The predicted octanol–water partition coefficient (Wildman–Crippen LogP) is 3.60. The van der Waals surface area contributed by atoms with Crippen LogP contribution in [0.2, 0.25) is 0 Å². The fourth-order valence-corrected chi connectivity index (χ4v) is 4.17. The number of aliphatic carboxylic acids is 1. The van der Waals surface area contributed by atoms with Crippen molar-refractivity contribution >= 4 is 22.8 Å². The van der Waals surface area contributed by atoms with Crippen molar-refractivity contribution in [1.29, 1.82) is 0 Å². The normalized spacial score (nSPS) is 14.4. The average molecular weight is 505 g/mol. The summed E-state index contributed by atoms with van der Waals surface area (Å²) in [7, 11) is 2.16. The summed E-state index contributed by atoms with van der Waals surface area (Å²) in [5.41, 5.74) is 3.15. The third-order valence-corrected chi connectivity index (χ3v) is 6.02. The number of alkyl halides is 3. The second kappa shape index (κ2) is 11.3. The molecule has 1 aromatic carbocycles. The number of piperidine rings is 1. The maximum Gasteiger partial charge on any atom is 0.490 e. The summed E-state index contributed by atoms with van der Waals surface area (Å²) in [6.07, 6.45) is -0.118. The molecule has 11 heteroatoms. The zero-order chi connectivity index (χ0) is 26.5. The average Bonchev–Trinajstić information content (AvgIpc) is 2.84. The summed E-state index contributed by atoms with van der Waals surface area (Å²) in [5.74, 6) is -2.80. The summed E-state index contributed by atoms with van der Waals surface area (Å²) in [5, 5.41) is 7.74. The molecule has 0 radical (unpaired) electrons. The molecule has 2 N–H and O–H groups in total. The smallest absolute Gasteiger partial charge is 0.475 e. The van der Waals surface area contributed by atoms with Crippen molar-refractivity contribution in [3.05, 3.63) is 75.8 Å². The first-order chi connectivity index (χ1) is 17.0. The van der Waals surface area contributed by atoms with Crippen molar-refractivity contribution in [3.8, 4) is 0 Å². The Hall–Kier alpha value is -3.73. The molecule has 3 aromatic rings. The Morgan fingerprint density at radius 3 is 2.47 bits per heavy atom. The largest absolute Gasteiger partial charge is 0.490 e. The minimum absolute atomic E-state index is 0.0426. The van der Waals surface area contributed by atoms with Crippen LogP contribution >= 0.6 is 0 Å². The first-order valence-electron chi connectivity index (χ1n) is 11.3. The fourth-order valence-electron chi connectivity index (χ4n) is 4.17. The number of hydrogen-bond donors (Lipinski definition) is 2. The van der Waals surface area contributed by atoms with Crippen LogP contribution in [0.15, 0.2) is 53.6 Å². The van der Waals surface area contributed by atoms with Crippen molar-refractivity contribution in [2.75, 3.05) is 20.1 Å². The molecule has 1 saturated heterocycles. The quantitative estimate of drug-likeness (QED) is 0.563. The topological polar surface area (TPSA) is 107 Å². The van der Waals surface area contributed by atoms with E-state index >= 15 is 0 Å². The lowest BCUT2D eigenvalue weighted by Crippen LogP contribution is -2.45. The fraction of sp³-hybridized carbons (Fsp3) is 0.360. The van der Waals surface area contributed by atoms with Crippen molar-refractivity contribution in [1.82, 2.24) is 19.8 Å². The zero-order valence-corrected chi connectivity index (χ0v) is 19.9. The van der Waals surface area contributed by atoms with E-state index in [4.69, 9.17) is 9.90 Å². The molecule has 4 rings (SSSR count). The Bertz CT molecular complexity index is 1280. The molecular formula is C25H27F3N4O4. The van der Waals surface area contributed by atoms with Gasteiger partial charge in [-0.15, -0.1) is 0 Å². The van der Waals surface area contributed by atoms with Crippen LogP contribution in [0.25, 0.3) is 10.9 Å². The number of carbonyl (C=O) groups excluding carboxylic acids is 1. The monoisotopic (exact) mass is 504 g/mol. The van der Waals surface area contributed by atoms with Crippen LogP contribution in [0, 0.1) is 6.92 Å². The first-order valence-corrected chi connectivity index (χ1v) is 11.3. The molecule has 0 atom stereocenters. The molecule has 8 nitrogen and oxygen atoms in total. The molecule has 0 saturated carbocycles. The van der Waals surface area contributed by atoms with E-state index in [0.29, 0.717) is 35.6 Å². The van der Waals surface area contributed by atoms with E-state index in [2.05, 4.69) is 53.1 Å². The number of fused-ring (bicyclic) bond motifs is 1. The van der Waals surface area contributed by atoms with Crippen LogP contribution in [0.4, 0.5) is 13.2 Å². The standard InChI is InChI=1S/C23H26N4O2.C2HF3O2/c1-16-5-3-6-17(13-16)15-26(2)18-8-11-27(12-9-18)23(29)20-14-25-22(28)21-19(20)7-4-10-24-21;3-2(4,5)1(6)7/h3-7,10,13-14,18H,8-9,11-12,15H2,1-2H3,(H,25,28);(H,6,7). The molecular weight excluding hydrogens is 477 g/mol. The van der Waals surface area contributed by atoms with E-state index in [1.165, 1.54) is 17.3 Å². The minimum atomic E-state index is -5.08. The van der Waals surface area contributed by atoms with Gasteiger partial charge in [0.1, 0.15) is 5.52 Å². The summed E-state index contributed by atoms with van der Waals surface area (Å²) < 4.78 is 31.7. The number of likely N-dealkylation sites (tertiary alicyclic amines) is 1. The number of carboxylic acids is 1. The van der Waals surface area contributed by atoms with E-state index in [0.717, 1.165) is 19.4 Å². The second-order valence-electron chi connectivity index (χ2n) is 8.66. The van der Waals surface area contributed by atoms with Crippen LogP contribution in [0.3, 0.4) is 0 Å². The summed E-state index contributed by atoms with van der Waals surface area (Å²) in [6.45, 7) is 4.45. The van der Waals surface area contributed by atoms with E-state index in [9.17, 15) is 22.8 Å². The molecule has 3 heterocycles. The van der Waals surface area contributed by atoms with Gasteiger partial charge in [0.2, 0.25) is 0 Å². The van der Waals surface area contributed by atoms with Gasteiger partial charge in [0.05, 0.1) is 5.56 Å². The van der Waals surface area contributed by atoms with Gasteiger partial charge in [0.25, 0.3) is 11.5 Å². The van der Waals surface area contributed by atoms with Crippen LogP contribution in [-0.2, 0) is 11.3 Å². The number of nitrogens with zero attached hydrogens (tertiary/aromatic N) is 3. The second-order valence-corrected chi connectivity index (χ2v) is 8.66. The van der Waals surface area contributed by atoms with Gasteiger partial charge in [-0.25, -0.2) is 4.79 Å². The summed E-state index contributed by atoms with van der Waals surface area (Å²) in [6, 6.07) is 12.6. The van der Waals surface area contributed by atoms with Crippen LogP contribution < -0.4 is 5.56 Å². The van der Waals surface area contributed by atoms with Crippen molar-refractivity contribution in [2.45, 2.75) is 38.5 Å². The number of benzene rings is 1. The lowest BCUT2D eigenvalue weighted by atomic mass is 10.0. The molecule has 2 aromatic heterocycles. The van der Waals surface area contributed by atoms with Gasteiger partial charge in [-0.05, 0) is 38.4 Å². The highest BCUT2D eigenvalue weighted by Crippen LogP contribution is 2.21. The Kier molecular flexibility index (Phi) is 8.46. The minimum Gasteiger partial charge on any atom is -0.475 e. The number of H-pyrrole nitrogens is 1. The molecule has 0 aliphatic carbocycles. The number of carbonyl (C=O) groups is 2. The number of hydrogen-bond acceptors (Lipinski definition) is 5. The number of halogens is 3. The number of nitrogens with one attached hydrogen (secondary N) is 1. The van der Waals surface area contributed by atoms with E-state index in [1.807, 2.05) is 4.90 Å². The molecule has 1 aliphatic rings. The lowest BCUT2D eigenvalue weighted by molar-refractivity contribution is -0.192. The SMILES string of the molecule is Cc1cccc(CN(C)C2CCN(C(=O)c3c[nH]c(=O)c4ncccc34)CC2)c1.O=C(O)C(F)(F)F. The number of pyridine rings is 2. The lowest BCUT2D eigenvalue weighted by Gasteiger charge is -2.37.